The van der Waals surface area contributed by atoms with E-state index in [4.69, 9.17) is 10.3 Å². The molecule has 0 radical (unpaired) electrons. The van der Waals surface area contributed by atoms with Crippen LogP contribution in [0, 0.1) is 19.8 Å². The smallest absolute Gasteiger partial charge is 0.227 e. The van der Waals surface area contributed by atoms with Gasteiger partial charge in [0.1, 0.15) is 5.76 Å². The number of carbonyl (C=O) groups is 2. The fraction of sp³-hybridized carbons (Fsp3) is 0.615. The van der Waals surface area contributed by atoms with Gasteiger partial charge < -0.3 is 15.2 Å². The molecule has 1 aliphatic heterocycles. The highest BCUT2D eigenvalue weighted by atomic mass is 16.5. The number of primary amides is 1. The normalized spacial score (nSPS) is 19.5. The SMILES string of the molecule is Cc1noc(C)c1CC(=O)N1CCCC(C(N)=O)C1. The van der Waals surface area contributed by atoms with E-state index < -0.39 is 0 Å². The highest BCUT2D eigenvalue weighted by molar-refractivity contribution is 5.81. The zero-order chi connectivity index (χ0) is 14.0. The molecule has 2 rings (SSSR count). The van der Waals surface area contributed by atoms with Crippen molar-refractivity contribution >= 4 is 11.8 Å². The van der Waals surface area contributed by atoms with Gasteiger partial charge in [0.05, 0.1) is 18.0 Å². The monoisotopic (exact) mass is 265 g/mol. The number of amides is 2. The first-order valence-corrected chi connectivity index (χ1v) is 6.48. The van der Waals surface area contributed by atoms with E-state index >= 15 is 0 Å². The van der Waals surface area contributed by atoms with Crippen LogP contribution in [0.1, 0.15) is 29.9 Å². The minimum atomic E-state index is -0.324. The molecule has 1 saturated heterocycles. The number of likely N-dealkylation sites (tertiary alicyclic amines) is 1. The molecule has 1 atom stereocenters. The summed E-state index contributed by atoms with van der Waals surface area (Å²) in [4.78, 5) is 25.2. The van der Waals surface area contributed by atoms with E-state index in [0.29, 0.717) is 18.8 Å². The van der Waals surface area contributed by atoms with Crippen LogP contribution in [-0.2, 0) is 16.0 Å². The van der Waals surface area contributed by atoms with E-state index in [1.807, 2.05) is 6.92 Å². The second-order valence-corrected chi connectivity index (χ2v) is 5.06. The summed E-state index contributed by atoms with van der Waals surface area (Å²) in [6.07, 6.45) is 1.86. The van der Waals surface area contributed by atoms with Crippen LogP contribution in [0.15, 0.2) is 4.52 Å². The molecule has 0 spiro atoms. The molecule has 2 N–H and O–H groups in total. The van der Waals surface area contributed by atoms with Gasteiger partial charge in [-0.25, -0.2) is 0 Å². The maximum atomic E-state index is 12.2. The fourth-order valence-electron chi connectivity index (χ4n) is 2.45. The van der Waals surface area contributed by atoms with Crippen molar-refractivity contribution in [3.8, 4) is 0 Å². The molecular weight excluding hydrogens is 246 g/mol. The Kier molecular flexibility index (Phi) is 3.87. The molecule has 2 heterocycles. The number of nitrogens with two attached hydrogens (primary N) is 1. The Labute approximate surface area is 111 Å². The summed E-state index contributed by atoms with van der Waals surface area (Å²) < 4.78 is 5.05. The molecule has 0 saturated carbocycles. The quantitative estimate of drug-likeness (QED) is 0.864. The number of nitrogens with zero attached hydrogens (tertiary/aromatic N) is 2. The summed E-state index contributed by atoms with van der Waals surface area (Å²) in [6, 6.07) is 0. The maximum absolute atomic E-state index is 12.2. The molecule has 1 aromatic heterocycles. The van der Waals surface area contributed by atoms with Gasteiger partial charge in [-0.1, -0.05) is 5.16 Å². The largest absolute Gasteiger partial charge is 0.369 e. The average Bonchev–Trinajstić information content (AvgIpc) is 2.70. The molecule has 6 heteroatoms. The molecule has 1 fully saturated rings. The molecule has 0 aliphatic carbocycles. The van der Waals surface area contributed by atoms with Crippen molar-refractivity contribution in [3.63, 3.8) is 0 Å². The number of rotatable bonds is 3. The highest BCUT2D eigenvalue weighted by Gasteiger charge is 2.27. The Hall–Kier alpha value is -1.85. The lowest BCUT2D eigenvalue weighted by atomic mass is 9.97. The summed E-state index contributed by atoms with van der Waals surface area (Å²) in [6.45, 7) is 4.73. The average molecular weight is 265 g/mol. The zero-order valence-electron chi connectivity index (χ0n) is 11.3. The highest BCUT2D eigenvalue weighted by Crippen LogP contribution is 2.19. The van der Waals surface area contributed by atoms with Gasteiger partial charge in [0, 0.05) is 18.7 Å². The molecule has 0 aromatic carbocycles. The number of hydrogen-bond donors (Lipinski definition) is 1. The van der Waals surface area contributed by atoms with Gasteiger partial charge in [-0.2, -0.15) is 0 Å². The second kappa shape index (κ2) is 5.42. The number of piperidine rings is 1. The molecular formula is C13H19N3O3. The van der Waals surface area contributed by atoms with Gasteiger partial charge in [0.15, 0.2) is 0 Å². The first-order chi connectivity index (χ1) is 8.99. The minimum Gasteiger partial charge on any atom is -0.369 e. The molecule has 6 nitrogen and oxygen atoms in total. The second-order valence-electron chi connectivity index (χ2n) is 5.06. The first kappa shape index (κ1) is 13.6. The van der Waals surface area contributed by atoms with Crippen LogP contribution < -0.4 is 5.73 Å². The topological polar surface area (TPSA) is 89.4 Å². The standard InChI is InChI=1S/C13H19N3O3/c1-8-11(9(2)19-15-8)6-12(17)16-5-3-4-10(7-16)13(14)18/h10H,3-7H2,1-2H3,(H2,14,18). The Morgan fingerprint density at radius 2 is 2.21 bits per heavy atom. The van der Waals surface area contributed by atoms with E-state index in [1.165, 1.54) is 0 Å². The molecule has 1 aromatic rings. The van der Waals surface area contributed by atoms with Crippen LogP contribution in [-0.4, -0.2) is 35.0 Å². The van der Waals surface area contributed by atoms with Gasteiger partial charge in [-0.3, -0.25) is 9.59 Å². The Balaban J connectivity index is 2.02. The number of hydrogen-bond acceptors (Lipinski definition) is 4. The van der Waals surface area contributed by atoms with Gasteiger partial charge in [0.2, 0.25) is 11.8 Å². The lowest BCUT2D eigenvalue weighted by Crippen LogP contribution is -2.44. The predicted octanol–water partition coefficient (Wildman–Crippen LogP) is 0.558. The maximum Gasteiger partial charge on any atom is 0.227 e. The van der Waals surface area contributed by atoms with Crippen LogP contribution >= 0.6 is 0 Å². The molecule has 1 unspecified atom stereocenters. The zero-order valence-corrected chi connectivity index (χ0v) is 11.3. The van der Waals surface area contributed by atoms with E-state index in [1.54, 1.807) is 11.8 Å². The minimum absolute atomic E-state index is 0.000324. The lowest BCUT2D eigenvalue weighted by molar-refractivity contribution is -0.134. The van der Waals surface area contributed by atoms with Crippen molar-refractivity contribution in [2.24, 2.45) is 11.7 Å². The third-order valence-electron chi connectivity index (χ3n) is 3.69. The van der Waals surface area contributed by atoms with E-state index in [-0.39, 0.29) is 24.2 Å². The van der Waals surface area contributed by atoms with Crippen LogP contribution in [0.4, 0.5) is 0 Å². The Morgan fingerprint density at radius 1 is 1.47 bits per heavy atom. The number of aromatic nitrogens is 1. The molecule has 19 heavy (non-hydrogen) atoms. The molecule has 104 valence electrons. The molecule has 1 aliphatic rings. The molecule has 0 bridgehead atoms. The van der Waals surface area contributed by atoms with Gasteiger partial charge in [-0.05, 0) is 26.7 Å². The van der Waals surface area contributed by atoms with Gasteiger partial charge >= 0.3 is 0 Å². The van der Waals surface area contributed by atoms with Crippen LogP contribution in [0.3, 0.4) is 0 Å². The third-order valence-corrected chi connectivity index (χ3v) is 3.69. The van der Waals surface area contributed by atoms with Crippen molar-refractivity contribution < 1.29 is 14.1 Å². The van der Waals surface area contributed by atoms with Crippen LogP contribution in [0.25, 0.3) is 0 Å². The number of carbonyl (C=O) groups excluding carboxylic acids is 2. The number of aryl methyl sites for hydroxylation is 2. The van der Waals surface area contributed by atoms with Crippen molar-refractivity contribution in [2.75, 3.05) is 13.1 Å². The van der Waals surface area contributed by atoms with E-state index in [9.17, 15) is 9.59 Å². The van der Waals surface area contributed by atoms with Gasteiger partial charge in [0.25, 0.3) is 0 Å². The third kappa shape index (κ3) is 2.94. The van der Waals surface area contributed by atoms with Crippen molar-refractivity contribution in [1.29, 1.82) is 0 Å². The molecule has 2 amide bonds. The Morgan fingerprint density at radius 3 is 2.79 bits per heavy atom. The summed E-state index contributed by atoms with van der Waals surface area (Å²) in [5, 5.41) is 3.84. The van der Waals surface area contributed by atoms with Crippen LogP contribution in [0.5, 0.6) is 0 Å². The first-order valence-electron chi connectivity index (χ1n) is 6.48. The summed E-state index contributed by atoms with van der Waals surface area (Å²) >= 11 is 0. The van der Waals surface area contributed by atoms with Crippen molar-refractivity contribution in [3.05, 3.63) is 17.0 Å². The summed E-state index contributed by atoms with van der Waals surface area (Å²) in [5.74, 6) is 0.131. The van der Waals surface area contributed by atoms with Gasteiger partial charge in [-0.15, -0.1) is 0 Å². The predicted molar refractivity (Wildman–Crippen MR) is 68.2 cm³/mol. The Bertz CT molecular complexity index is 476. The lowest BCUT2D eigenvalue weighted by Gasteiger charge is -2.31. The summed E-state index contributed by atoms with van der Waals surface area (Å²) in [5.41, 5.74) is 6.90. The van der Waals surface area contributed by atoms with Crippen molar-refractivity contribution in [2.45, 2.75) is 33.1 Å². The van der Waals surface area contributed by atoms with E-state index in [2.05, 4.69) is 5.16 Å². The fourth-order valence-corrected chi connectivity index (χ4v) is 2.45. The van der Waals surface area contributed by atoms with Crippen molar-refractivity contribution in [1.82, 2.24) is 10.1 Å². The van der Waals surface area contributed by atoms with Crippen LogP contribution in [0.2, 0.25) is 0 Å². The van der Waals surface area contributed by atoms with E-state index in [0.717, 1.165) is 24.1 Å². The summed E-state index contributed by atoms with van der Waals surface area (Å²) in [7, 11) is 0.